The molecule has 0 fully saturated rings. The van der Waals surface area contributed by atoms with Crippen molar-refractivity contribution in [3.05, 3.63) is 30.5 Å². The first-order valence-corrected chi connectivity index (χ1v) is 5.31. The summed E-state index contributed by atoms with van der Waals surface area (Å²) in [6.07, 6.45) is 2.07. The number of benzene rings is 1. The van der Waals surface area contributed by atoms with E-state index in [-0.39, 0.29) is 6.04 Å². The van der Waals surface area contributed by atoms with Gasteiger partial charge in [-0.3, -0.25) is 0 Å². The maximum atomic E-state index is 8.95. The van der Waals surface area contributed by atoms with E-state index in [1.54, 1.807) is 0 Å². The summed E-state index contributed by atoms with van der Waals surface area (Å²) < 4.78 is 2.09. The Kier molecular flexibility index (Phi) is 2.57. The summed E-state index contributed by atoms with van der Waals surface area (Å²) in [4.78, 5) is 2.00. The molecule has 0 amide bonds. The van der Waals surface area contributed by atoms with Gasteiger partial charge in [-0.15, -0.1) is 0 Å². The molecule has 0 aliphatic carbocycles. The molecule has 3 heteroatoms. The van der Waals surface area contributed by atoms with Gasteiger partial charge in [0.05, 0.1) is 11.8 Å². The highest BCUT2D eigenvalue weighted by Crippen LogP contribution is 2.28. The second kappa shape index (κ2) is 3.90. The summed E-state index contributed by atoms with van der Waals surface area (Å²) in [5.74, 6) is 0. The molecule has 82 valence electrons. The first kappa shape index (κ1) is 10.6. The standard InChI is InChI=1S/C13H15N3/c1-10(8-14)16(3)13-9-15(2)12-7-5-4-6-11(12)13/h4-7,9-10H,1-3H3. The SMILES string of the molecule is CC(C#N)N(C)c1cn(C)c2ccccc12. The average Bonchev–Trinajstić information content (AvgIpc) is 2.65. The van der Waals surface area contributed by atoms with Crippen LogP contribution < -0.4 is 4.90 Å². The molecule has 0 radical (unpaired) electrons. The zero-order valence-electron chi connectivity index (χ0n) is 9.81. The highest BCUT2D eigenvalue weighted by atomic mass is 15.1. The van der Waals surface area contributed by atoms with Crippen LogP contribution >= 0.6 is 0 Å². The van der Waals surface area contributed by atoms with Crippen LogP contribution in [0.25, 0.3) is 10.9 Å². The number of fused-ring (bicyclic) bond motifs is 1. The van der Waals surface area contributed by atoms with Crippen LogP contribution in [0.1, 0.15) is 6.92 Å². The minimum atomic E-state index is -0.120. The van der Waals surface area contributed by atoms with Gasteiger partial charge in [-0.2, -0.15) is 5.26 Å². The number of aromatic nitrogens is 1. The van der Waals surface area contributed by atoms with Crippen molar-refractivity contribution < 1.29 is 0 Å². The molecule has 0 spiro atoms. The monoisotopic (exact) mass is 213 g/mol. The first-order chi connectivity index (χ1) is 7.65. The number of rotatable bonds is 2. The van der Waals surface area contributed by atoms with Crippen molar-refractivity contribution >= 4 is 16.6 Å². The molecule has 1 unspecified atom stereocenters. The summed E-state index contributed by atoms with van der Waals surface area (Å²) in [7, 11) is 3.98. The molecule has 1 aromatic carbocycles. The summed E-state index contributed by atoms with van der Waals surface area (Å²) >= 11 is 0. The van der Waals surface area contributed by atoms with E-state index in [2.05, 4.69) is 29.0 Å². The van der Waals surface area contributed by atoms with Crippen molar-refractivity contribution in [2.45, 2.75) is 13.0 Å². The Morgan fingerprint density at radius 3 is 2.75 bits per heavy atom. The van der Waals surface area contributed by atoms with Gasteiger partial charge in [0, 0.05) is 31.2 Å². The van der Waals surface area contributed by atoms with E-state index in [0.29, 0.717) is 0 Å². The van der Waals surface area contributed by atoms with Crippen molar-refractivity contribution in [3.8, 4) is 6.07 Å². The molecule has 1 aromatic heterocycles. The van der Waals surface area contributed by atoms with Gasteiger partial charge in [0.25, 0.3) is 0 Å². The van der Waals surface area contributed by atoms with Crippen LogP contribution in [0.15, 0.2) is 30.5 Å². The van der Waals surface area contributed by atoms with Crippen LogP contribution in [-0.2, 0) is 7.05 Å². The molecular formula is C13H15N3. The molecular weight excluding hydrogens is 198 g/mol. The molecule has 2 aromatic rings. The molecule has 2 rings (SSSR count). The molecule has 3 nitrogen and oxygen atoms in total. The van der Waals surface area contributed by atoms with Crippen LogP contribution in [0, 0.1) is 11.3 Å². The zero-order valence-corrected chi connectivity index (χ0v) is 9.81. The van der Waals surface area contributed by atoms with Crippen LogP contribution in [0.5, 0.6) is 0 Å². The van der Waals surface area contributed by atoms with Crippen molar-refractivity contribution in [2.75, 3.05) is 11.9 Å². The number of anilines is 1. The van der Waals surface area contributed by atoms with Crippen molar-refractivity contribution in [3.63, 3.8) is 0 Å². The van der Waals surface area contributed by atoms with Crippen LogP contribution in [0.2, 0.25) is 0 Å². The van der Waals surface area contributed by atoms with Gasteiger partial charge in [0.2, 0.25) is 0 Å². The van der Waals surface area contributed by atoms with Crippen LogP contribution in [0.4, 0.5) is 5.69 Å². The highest BCUT2D eigenvalue weighted by molar-refractivity contribution is 5.93. The van der Waals surface area contributed by atoms with E-state index in [4.69, 9.17) is 5.26 Å². The predicted octanol–water partition coefficient (Wildman–Crippen LogP) is 2.53. The van der Waals surface area contributed by atoms with Crippen molar-refractivity contribution in [1.29, 1.82) is 5.26 Å². The quantitative estimate of drug-likeness (QED) is 0.767. The van der Waals surface area contributed by atoms with Crippen molar-refractivity contribution in [1.82, 2.24) is 4.57 Å². The number of para-hydroxylation sites is 1. The average molecular weight is 213 g/mol. The summed E-state index contributed by atoms with van der Waals surface area (Å²) in [6, 6.07) is 10.4. The number of hydrogen-bond donors (Lipinski definition) is 0. The summed E-state index contributed by atoms with van der Waals surface area (Å²) in [6.45, 7) is 1.90. The fourth-order valence-corrected chi connectivity index (χ4v) is 1.90. The maximum absolute atomic E-state index is 8.95. The van der Waals surface area contributed by atoms with E-state index < -0.39 is 0 Å². The lowest BCUT2D eigenvalue weighted by Crippen LogP contribution is -2.26. The Bertz CT molecular complexity index is 548. The normalized spacial score (nSPS) is 12.4. The van der Waals surface area contributed by atoms with E-state index in [1.807, 2.05) is 38.1 Å². The lowest BCUT2D eigenvalue weighted by molar-refractivity contribution is 0.833. The van der Waals surface area contributed by atoms with E-state index >= 15 is 0 Å². The minimum Gasteiger partial charge on any atom is -0.357 e. The highest BCUT2D eigenvalue weighted by Gasteiger charge is 2.14. The fraction of sp³-hybridized carbons (Fsp3) is 0.308. The Balaban J connectivity index is 2.58. The summed E-state index contributed by atoms with van der Waals surface area (Å²) in [5, 5.41) is 10.1. The molecule has 1 heterocycles. The minimum absolute atomic E-state index is 0.120. The van der Waals surface area contributed by atoms with Gasteiger partial charge >= 0.3 is 0 Å². The smallest absolute Gasteiger partial charge is 0.113 e. The topological polar surface area (TPSA) is 32.0 Å². The first-order valence-electron chi connectivity index (χ1n) is 5.31. The van der Waals surface area contributed by atoms with Gasteiger partial charge in [0.15, 0.2) is 0 Å². The Morgan fingerprint density at radius 1 is 1.38 bits per heavy atom. The van der Waals surface area contributed by atoms with Crippen molar-refractivity contribution in [2.24, 2.45) is 7.05 Å². The maximum Gasteiger partial charge on any atom is 0.113 e. The summed E-state index contributed by atoms with van der Waals surface area (Å²) in [5.41, 5.74) is 2.29. The number of nitrogens with zero attached hydrogens (tertiary/aromatic N) is 3. The lowest BCUT2D eigenvalue weighted by atomic mass is 10.2. The van der Waals surface area contributed by atoms with E-state index in [0.717, 1.165) is 5.69 Å². The lowest BCUT2D eigenvalue weighted by Gasteiger charge is -2.20. The van der Waals surface area contributed by atoms with Gasteiger partial charge in [0.1, 0.15) is 6.04 Å². The Morgan fingerprint density at radius 2 is 2.06 bits per heavy atom. The molecule has 0 N–H and O–H groups in total. The zero-order chi connectivity index (χ0) is 11.7. The Hall–Kier alpha value is -1.95. The molecule has 0 bridgehead atoms. The Labute approximate surface area is 95.5 Å². The number of nitriles is 1. The molecule has 0 saturated carbocycles. The second-order valence-corrected chi connectivity index (χ2v) is 4.06. The van der Waals surface area contributed by atoms with Crippen LogP contribution in [0.3, 0.4) is 0 Å². The number of hydrogen-bond acceptors (Lipinski definition) is 2. The molecule has 0 aliphatic rings. The van der Waals surface area contributed by atoms with Crippen LogP contribution in [-0.4, -0.2) is 17.7 Å². The van der Waals surface area contributed by atoms with Gasteiger partial charge < -0.3 is 9.47 Å². The third kappa shape index (κ3) is 1.53. The third-order valence-electron chi connectivity index (χ3n) is 3.02. The molecule has 1 atom stereocenters. The predicted molar refractivity (Wildman–Crippen MR) is 66.4 cm³/mol. The largest absolute Gasteiger partial charge is 0.357 e. The third-order valence-corrected chi connectivity index (χ3v) is 3.02. The molecule has 0 aliphatic heterocycles. The fourth-order valence-electron chi connectivity index (χ4n) is 1.90. The van der Waals surface area contributed by atoms with E-state index in [9.17, 15) is 0 Å². The number of aryl methyl sites for hydroxylation is 1. The molecule has 0 saturated heterocycles. The molecule has 16 heavy (non-hydrogen) atoms. The van der Waals surface area contributed by atoms with Gasteiger partial charge in [-0.05, 0) is 13.0 Å². The van der Waals surface area contributed by atoms with Gasteiger partial charge in [-0.1, -0.05) is 18.2 Å². The second-order valence-electron chi connectivity index (χ2n) is 4.06. The van der Waals surface area contributed by atoms with Gasteiger partial charge in [-0.25, -0.2) is 0 Å². The van der Waals surface area contributed by atoms with E-state index in [1.165, 1.54) is 10.9 Å².